The molecule has 5 rings (SSSR count). The molecule has 1 aromatic carbocycles. The molecule has 6 heteroatoms. The van der Waals surface area contributed by atoms with Crippen LogP contribution >= 0.6 is 0 Å². The predicted molar refractivity (Wildman–Crippen MR) is 116 cm³/mol. The van der Waals surface area contributed by atoms with Crippen molar-refractivity contribution in [2.75, 3.05) is 6.26 Å². The molecule has 1 aromatic heterocycles. The van der Waals surface area contributed by atoms with Crippen molar-refractivity contribution in [2.24, 2.45) is 5.92 Å². The molecule has 3 aliphatic rings. The molecular formula is C23H33N3O2S. The first-order valence-electron chi connectivity index (χ1n) is 11.2. The summed E-state index contributed by atoms with van der Waals surface area (Å²) in [5.74, 6) is 2.62. The first kappa shape index (κ1) is 20.6. The molecule has 3 aliphatic carbocycles. The standard InChI is InChI=1S/C23H33N3O2S/c1-3-4-5-6-7-8-9-13-21-24-22(25-26(21)23-15-18(16-23)17-23)19-11-10-12-20(14-19)29(2,27)28/h10-12,14,18H,3-9,13,15-17H2,1-2H3. The highest BCUT2D eigenvalue weighted by molar-refractivity contribution is 7.90. The van der Waals surface area contributed by atoms with Crippen molar-refractivity contribution in [1.82, 2.24) is 14.8 Å². The van der Waals surface area contributed by atoms with Crippen LogP contribution in [-0.2, 0) is 21.8 Å². The van der Waals surface area contributed by atoms with Gasteiger partial charge in [-0.05, 0) is 43.7 Å². The predicted octanol–water partition coefficient (Wildman–Crippen LogP) is 5.15. The van der Waals surface area contributed by atoms with Gasteiger partial charge in [0, 0.05) is 18.2 Å². The van der Waals surface area contributed by atoms with Crippen LogP contribution in [0.1, 0.15) is 77.0 Å². The molecule has 0 aliphatic heterocycles. The lowest BCUT2D eigenvalue weighted by Crippen LogP contribution is -2.60. The van der Waals surface area contributed by atoms with E-state index in [1.54, 1.807) is 18.2 Å². The van der Waals surface area contributed by atoms with Crippen LogP contribution in [0.4, 0.5) is 0 Å². The summed E-state index contributed by atoms with van der Waals surface area (Å²) in [6, 6.07) is 7.03. The lowest BCUT2D eigenvalue weighted by molar-refractivity contribution is -0.0998. The molecule has 29 heavy (non-hydrogen) atoms. The Bertz CT molecular complexity index is 947. The first-order valence-corrected chi connectivity index (χ1v) is 13.1. The van der Waals surface area contributed by atoms with Crippen molar-refractivity contribution < 1.29 is 8.42 Å². The van der Waals surface area contributed by atoms with Crippen LogP contribution < -0.4 is 0 Å². The molecule has 0 amide bonds. The number of benzene rings is 1. The minimum absolute atomic E-state index is 0.195. The number of sulfone groups is 1. The van der Waals surface area contributed by atoms with Crippen molar-refractivity contribution in [3.8, 4) is 11.4 Å². The van der Waals surface area contributed by atoms with Gasteiger partial charge in [0.1, 0.15) is 5.82 Å². The van der Waals surface area contributed by atoms with Gasteiger partial charge in [-0.1, -0.05) is 57.6 Å². The summed E-state index contributed by atoms with van der Waals surface area (Å²) < 4.78 is 26.1. The summed E-state index contributed by atoms with van der Waals surface area (Å²) in [5.41, 5.74) is 0.986. The molecule has 3 saturated carbocycles. The number of nitrogens with zero attached hydrogens (tertiary/aromatic N) is 3. The molecule has 0 atom stereocenters. The number of aromatic nitrogens is 3. The van der Waals surface area contributed by atoms with E-state index < -0.39 is 9.84 Å². The maximum atomic E-state index is 11.9. The van der Waals surface area contributed by atoms with Gasteiger partial charge in [0.2, 0.25) is 0 Å². The highest BCUT2D eigenvalue weighted by Gasteiger charge is 2.59. The van der Waals surface area contributed by atoms with Gasteiger partial charge in [-0.25, -0.2) is 18.1 Å². The molecule has 158 valence electrons. The zero-order valence-electron chi connectivity index (χ0n) is 17.7. The minimum atomic E-state index is -3.24. The number of hydrogen-bond acceptors (Lipinski definition) is 4. The van der Waals surface area contributed by atoms with Gasteiger partial charge in [-0.15, -0.1) is 0 Å². The molecule has 2 bridgehead atoms. The third-order valence-corrected chi connectivity index (χ3v) is 7.76. The zero-order chi connectivity index (χ0) is 20.5. The Balaban J connectivity index is 1.49. The lowest BCUT2D eigenvalue weighted by Gasteiger charge is -2.61. The van der Waals surface area contributed by atoms with E-state index in [1.165, 1.54) is 64.0 Å². The van der Waals surface area contributed by atoms with E-state index >= 15 is 0 Å². The van der Waals surface area contributed by atoms with E-state index in [-0.39, 0.29) is 5.54 Å². The quantitative estimate of drug-likeness (QED) is 0.476. The number of hydrogen-bond donors (Lipinski definition) is 0. The van der Waals surface area contributed by atoms with Crippen LogP contribution in [0, 0.1) is 5.92 Å². The van der Waals surface area contributed by atoms with Gasteiger partial charge in [0.15, 0.2) is 15.7 Å². The topological polar surface area (TPSA) is 64.8 Å². The molecule has 5 nitrogen and oxygen atoms in total. The molecule has 0 radical (unpaired) electrons. The highest BCUT2D eigenvalue weighted by atomic mass is 32.2. The van der Waals surface area contributed by atoms with Crippen molar-refractivity contribution in [2.45, 2.75) is 88.0 Å². The highest BCUT2D eigenvalue weighted by Crippen LogP contribution is 2.62. The minimum Gasteiger partial charge on any atom is -0.243 e. The lowest BCUT2D eigenvalue weighted by atomic mass is 9.50. The molecular weight excluding hydrogens is 382 g/mol. The molecule has 0 N–H and O–H groups in total. The van der Waals surface area contributed by atoms with Crippen LogP contribution in [0.2, 0.25) is 0 Å². The Labute approximate surface area is 174 Å². The monoisotopic (exact) mass is 415 g/mol. The smallest absolute Gasteiger partial charge is 0.181 e. The fraction of sp³-hybridized carbons (Fsp3) is 0.652. The Kier molecular flexibility index (Phi) is 5.83. The van der Waals surface area contributed by atoms with Gasteiger partial charge in [0.05, 0.1) is 10.4 Å². The molecule has 1 heterocycles. The summed E-state index contributed by atoms with van der Waals surface area (Å²) in [5, 5.41) is 4.89. The van der Waals surface area contributed by atoms with Crippen molar-refractivity contribution in [3.63, 3.8) is 0 Å². The van der Waals surface area contributed by atoms with E-state index in [9.17, 15) is 8.42 Å². The fourth-order valence-electron chi connectivity index (χ4n) is 4.81. The first-order chi connectivity index (χ1) is 13.9. The van der Waals surface area contributed by atoms with Gasteiger partial charge in [-0.2, -0.15) is 5.10 Å². The van der Waals surface area contributed by atoms with Crippen molar-refractivity contribution >= 4 is 9.84 Å². The molecule has 0 saturated heterocycles. The van der Waals surface area contributed by atoms with Crippen LogP contribution in [0.3, 0.4) is 0 Å². The largest absolute Gasteiger partial charge is 0.243 e. The van der Waals surface area contributed by atoms with Crippen LogP contribution in [0.5, 0.6) is 0 Å². The number of rotatable bonds is 11. The van der Waals surface area contributed by atoms with Crippen LogP contribution in [0.25, 0.3) is 11.4 Å². The second-order valence-electron chi connectivity index (χ2n) is 9.14. The average molecular weight is 416 g/mol. The number of unbranched alkanes of at least 4 members (excludes halogenated alkanes) is 6. The third kappa shape index (κ3) is 4.27. The maximum absolute atomic E-state index is 11.9. The van der Waals surface area contributed by atoms with E-state index in [0.29, 0.717) is 10.7 Å². The van der Waals surface area contributed by atoms with E-state index in [1.807, 2.05) is 6.07 Å². The maximum Gasteiger partial charge on any atom is 0.181 e. The number of aryl methyl sites for hydroxylation is 1. The molecule has 2 aromatic rings. The second-order valence-corrected chi connectivity index (χ2v) is 11.2. The van der Waals surface area contributed by atoms with Gasteiger partial charge in [0.25, 0.3) is 0 Å². The molecule has 0 spiro atoms. The SMILES string of the molecule is CCCCCCCCCc1nc(-c2cccc(S(C)(=O)=O)c2)nn1C12CC(C1)C2. The summed E-state index contributed by atoms with van der Waals surface area (Å²) in [6.07, 6.45) is 14.9. The third-order valence-electron chi connectivity index (χ3n) is 6.65. The Hall–Kier alpha value is -1.69. The normalized spacial score (nSPS) is 22.9. The molecule has 0 unspecified atom stereocenters. The van der Waals surface area contributed by atoms with E-state index in [2.05, 4.69) is 11.6 Å². The Morgan fingerprint density at radius 2 is 1.76 bits per heavy atom. The second kappa shape index (κ2) is 8.21. The Morgan fingerprint density at radius 3 is 2.38 bits per heavy atom. The van der Waals surface area contributed by atoms with Crippen LogP contribution in [-0.4, -0.2) is 29.4 Å². The summed E-state index contributed by atoms with van der Waals surface area (Å²) in [6.45, 7) is 2.25. The van der Waals surface area contributed by atoms with Crippen molar-refractivity contribution in [3.05, 3.63) is 30.1 Å². The summed E-state index contributed by atoms with van der Waals surface area (Å²) in [4.78, 5) is 5.21. The summed E-state index contributed by atoms with van der Waals surface area (Å²) >= 11 is 0. The fourth-order valence-corrected chi connectivity index (χ4v) is 5.47. The average Bonchev–Trinajstić information content (AvgIpc) is 3.02. The van der Waals surface area contributed by atoms with Crippen molar-refractivity contribution in [1.29, 1.82) is 0 Å². The van der Waals surface area contributed by atoms with E-state index in [0.717, 1.165) is 30.1 Å². The molecule has 3 fully saturated rings. The van der Waals surface area contributed by atoms with E-state index in [4.69, 9.17) is 10.1 Å². The zero-order valence-corrected chi connectivity index (χ0v) is 18.5. The van der Waals surface area contributed by atoms with Gasteiger partial charge in [-0.3, -0.25) is 0 Å². The van der Waals surface area contributed by atoms with Gasteiger partial charge >= 0.3 is 0 Å². The van der Waals surface area contributed by atoms with Crippen LogP contribution in [0.15, 0.2) is 29.2 Å². The summed E-state index contributed by atoms with van der Waals surface area (Å²) in [7, 11) is -3.24. The van der Waals surface area contributed by atoms with Gasteiger partial charge < -0.3 is 0 Å². The Morgan fingerprint density at radius 1 is 1.07 bits per heavy atom.